The Labute approximate surface area is 234 Å². The molecule has 8 heteroatoms. The Morgan fingerprint density at radius 2 is 1.82 bits per heavy atom. The first kappa shape index (κ1) is 26.9. The van der Waals surface area contributed by atoms with E-state index in [0.717, 1.165) is 72.5 Å². The van der Waals surface area contributed by atoms with Crippen molar-refractivity contribution in [3.05, 3.63) is 82.8 Å². The van der Waals surface area contributed by atoms with E-state index in [1.165, 1.54) is 0 Å². The fourth-order valence-corrected chi connectivity index (χ4v) is 5.68. The van der Waals surface area contributed by atoms with Crippen LogP contribution in [-0.2, 0) is 10.3 Å². The van der Waals surface area contributed by atoms with Crippen LogP contribution >= 0.6 is 12.4 Å². The molecule has 1 aliphatic heterocycles. The molecule has 4 aromatic rings. The molecule has 2 aromatic carbocycles. The fourth-order valence-electron chi connectivity index (χ4n) is 5.68. The Morgan fingerprint density at radius 3 is 2.49 bits per heavy atom. The number of pyridine rings is 1. The number of hydrogen-bond donors (Lipinski definition) is 0. The Kier molecular flexibility index (Phi) is 7.21. The molecule has 200 valence electrons. The van der Waals surface area contributed by atoms with Gasteiger partial charge in [0, 0.05) is 61.7 Å². The van der Waals surface area contributed by atoms with E-state index in [9.17, 15) is 4.79 Å². The van der Waals surface area contributed by atoms with Crippen LogP contribution in [0.25, 0.3) is 38.4 Å². The van der Waals surface area contributed by atoms with Crippen molar-refractivity contribution in [2.45, 2.75) is 25.3 Å². The maximum Gasteiger partial charge on any atom is 0.253 e. The third-order valence-electron chi connectivity index (χ3n) is 7.83. The zero-order valence-corrected chi connectivity index (χ0v) is 23.2. The molecule has 0 atom stereocenters. The molecular formula is C31H31ClN4O3. The second-order valence-corrected chi connectivity index (χ2v) is 10.4. The second-order valence-electron chi connectivity index (χ2n) is 10.4. The van der Waals surface area contributed by atoms with E-state index in [-0.39, 0.29) is 23.9 Å². The van der Waals surface area contributed by atoms with Crippen LogP contribution in [0.15, 0.2) is 59.1 Å². The lowest BCUT2D eigenvalue weighted by molar-refractivity contribution is 0.00854. The minimum absolute atomic E-state index is 0. The molecule has 39 heavy (non-hydrogen) atoms. The predicted molar refractivity (Wildman–Crippen MR) is 154 cm³/mol. The van der Waals surface area contributed by atoms with E-state index < -0.39 is 0 Å². The number of hydrogen-bond acceptors (Lipinski definition) is 5. The van der Waals surface area contributed by atoms with Crippen molar-refractivity contribution >= 4 is 35.1 Å². The zero-order valence-electron chi connectivity index (χ0n) is 22.4. The Balaban J connectivity index is 0.00000308. The van der Waals surface area contributed by atoms with Crippen LogP contribution in [0.2, 0.25) is 0 Å². The number of amides is 1. The molecule has 7 nitrogen and oxygen atoms in total. The number of carbonyl (C=O) groups excluding carboxylic acids is 1. The van der Waals surface area contributed by atoms with Crippen LogP contribution < -0.4 is 0 Å². The van der Waals surface area contributed by atoms with Gasteiger partial charge in [0.1, 0.15) is 11.3 Å². The lowest BCUT2D eigenvalue weighted by Gasteiger charge is -2.36. The number of carbonyl (C=O) groups is 1. The van der Waals surface area contributed by atoms with Crippen LogP contribution in [0.4, 0.5) is 5.69 Å². The number of morpholine rings is 1. The molecule has 2 aliphatic rings. The van der Waals surface area contributed by atoms with E-state index in [1.807, 2.05) is 43.3 Å². The summed E-state index contributed by atoms with van der Waals surface area (Å²) in [7, 11) is 3.49. The molecular weight excluding hydrogens is 512 g/mol. The van der Waals surface area contributed by atoms with Gasteiger partial charge in [-0.2, -0.15) is 0 Å². The van der Waals surface area contributed by atoms with Gasteiger partial charge in [0.25, 0.3) is 5.91 Å². The fraction of sp³-hybridized carbons (Fsp3) is 0.323. The molecule has 0 unspecified atom stereocenters. The van der Waals surface area contributed by atoms with E-state index >= 15 is 0 Å². The number of aryl methyl sites for hydroxylation is 1. The average Bonchev–Trinajstić information content (AvgIpc) is 3.64. The first-order valence-electron chi connectivity index (χ1n) is 13.0. The summed E-state index contributed by atoms with van der Waals surface area (Å²) < 4.78 is 12.0. The van der Waals surface area contributed by atoms with Gasteiger partial charge in [-0.3, -0.25) is 14.7 Å². The van der Waals surface area contributed by atoms with Crippen LogP contribution in [0, 0.1) is 13.5 Å². The molecule has 0 N–H and O–H groups in total. The number of nitrogens with zero attached hydrogens (tertiary/aromatic N) is 4. The van der Waals surface area contributed by atoms with Crippen LogP contribution in [0.3, 0.4) is 0 Å². The number of furan rings is 1. The van der Waals surface area contributed by atoms with Crippen molar-refractivity contribution in [3.63, 3.8) is 0 Å². The number of benzene rings is 2. The van der Waals surface area contributed by atoms with E-state index in [0.29, 0.717) is 22.6 Å². The normalized spacial score (nSPS) is 16.4. The van der Waals surface area contributed by atoms with Crippen molar-refractivity contribution in [3.8, 4) is 22.5 Å². The maximum absolute atomic E-state index is 12.4. The highest BCUT2D eigenvalue weighted by Crippen LogP contribution is 2.54. The van der Waals surface area contributed by atoms with Crippen molar-refractivity contribution in [2.24, 2.45) is 0 Å². The maximum atomic E-state index is 12.4. The Morgan fingerprint density at radius 1 is 1.05 bits per heavy atom. The smallest absolute Gasteiger partial charge is 0.253 e. The molecule has 1 aliphatic carbocycles. The summed E-state index contributed by atoms with van der Waals surface area (Å²) in [6.45, 7) is 13.2. The molecule has 0 bridgehead atoms. The first-order chi connectivity index (χ1) is 18.4. The van der Waals surface area contributed by atoms with Gasteiger partial charge in [-0.25, -0.2) is 4.85 Å². The van der Waals surface area contributed by atoms with Gasteiger partial charge in [-0.05, 0) is 60.7 Å². The number of fused-ring (bicyclic) bond motifs is 1. The summed E-state index contributed by atoms with van der Waals surface area (Å²) in [5.41, 5.74) is 7.58. The molecule has 2 fully saturated rings. The summed E-state index contributed by atoms with van der Waals surface area (Å²) in [4.78, 5) is 24.9. The van der Waals surface area contributed by atoms with Crippen LogP contribution in [0.5, 0.6) is 0 Å². The lowest BCUT2D eigenvalue weighted by atomic mass is 9.96. The molecule has 3 heterocycles. The third-order valence-corrected chi connectivity index (χ3v) is 7.83. The standard InChI is InChI=1S/C31H30N4O3.ClH/c1-20-17-22(30(36)34(3)4)5-7-23(20)28-19-27-29(38-28)24(9-12-33-27)21-6-8-25(26(18-21)32-2)31(10-11-31)35-13-15-37-16-14-35;/h5-9,12,17-19H,10-11,13-16H2,1,3-4H3;1H. The molecule has 1 amide bonds. The Hall–Kier alpha value is -3.70. The monoisotopic (exact) mass is 542 g/mol. The first-order valence-corrected chi connectivity index (χ1v) is 13.0. The van der Waals surface area contributed by atoms with E-state index in [4.69, 9.17) is 15.7 Å². The van der Waals surface area contributed by atoms with Crippen LogP contribution in [0.1, 0.15) is 34.3 Å². The highest BCUT2D eigenvalue weighted by Gasteiger charge is 2.50. The van der Waals surface area contributed by atoms with Gasteiger partial charge < -0.3 is 14.1 Å². The van der Waals surface area contributed by atoms with Gasteiger partial charge >= 0.3 is 0 Å². The van der Waals surface area contributed by atoms with Gasteiger partial charge in [0.2, 0.25) is 0 Å². The highest BCUT2D eigenvalue weighted by molar-refractivity contribution is 5.96. The minimum atomic E-state index is -0.0364. The molecule has 6 rings (SSSR count). The van der Waals surface area contributed by atoms with Crippen molar-refractivity contribution < 1.29 is 13.9 Å². The van der Waals surface area contributed by atoms with Gasteiger partial charge in [-0.1, -0.05) is 18.2 Å². The summed E-state index contributed by atoms with van der Waals surface area (Å²) in [6, 6.07) is 15.8. The quantitative estimate of drug-likeness (QED) is 0.271. The molecule has 2 aromatic heterocycles. The number of rotatable bonds is 5. The van der Waals surface area contributed by atoms with E-state index in [2.05, 4.69) is 26.9 Å². The third kappa shape index (κ3) is 4.70. The summed E-state index contributed by atoms with van der Waals surface area (Å²) in [5, 5.41) is 0. The molecule has 0 radical (unpaired) electrons. The molecule has 1 saturated heterocycles. The zero-order chi connectivity index (χ0) is 26.4. The van der Waals surface area contributed by atoms with Gasteiger partial charge in [0.05, 0.1) is 19.8 Å². The van der Waals surface area contributed by atoms with E-state index in [1.54, 1.807) is 25.2 Å². The average molecular weight is 543 g/mol. The highest BCUT2D eigenvalue weighted by atomic mass is 35.5. The number of halogens is 1. The largest absolute Gasteiger partial charge is 0.454 e. The van der Waals surface area contributed by atoms with Gasteiger partial charge in [0.15, 0.2) is 11.3 Å². The number of aromatic nitrogens is 1. The predicted octanol–water partition coefficient (Wildman–Crippen LogP) is 6.47. The van der Waals surface area contributed by atoms with Gasteiger partial charge in [-0.15, -0.1) is 12.4 Å². The SMILES string of the molecule is Cl.[C-]#[N+]c1cc(-c2ccnc3cc(-c4ccc(C(=O)N(C)C)cc4C)oc23)ccc1C1(N2CCOCC2)CC1. The molecule has 1 saturated carbocycles. The topological polar surface area (TPSA) is 63.2 Å². The van der Waals surface area contributed by atoms with Crippen molar-refractivity contribution in [2.75, 3.05) is 40.4 Å². The van der Waals surface area contributed by atoms with Crippen molar-refractivity contribution in [1.82, 2.24) is 14.8 Å². The summed E-state index contributed by atoms with van der Waals surface area (Å²) in [5.74, 6) is 0.668. The van der Waals surface area contributed by atoms with Crippen molar-refractivity contribution in [1.29, 1.82) is 0 Å². The second kappa shape index (κ2) is 10.5. The summed E-state index contributed by atoms with van der Waals surface area (Å²) in [6.07, 6.45) is 3.94. The van der Waals surface area contributed by atoms with Crippen LogP contribution in [-0.4, -0.2) is 61.1 Å². The minimum Gasteiger partial charge on any atom is -0.454 e. The number of ether oxygens (including phenoxy) is 1. The Bertz CT molecular complexity index is 1590. The molecule has 0 spiro atoms. The lowest BCUT2D eigenvalue weighted by Crippen LogP contribution is -2.43. The summed E-state index contributed by atoms with van der Waals surface area (Å²) >= 11 is 0.